The van der Waals surface area contributed by atoms with E-state index in [1.165, 1.54) is 5.56 Å². The van der Waals surface area contributed by atoms with E-state index in [4.69, 9.17) is 0 Å². The van der Waals surface area contributed by atoms with E-state index < -0.39 is 12.2 Å². The van der Waals surface area contributed by atoms with Crippen molar-refractivity contribution in [2.45, 2.75) is 26.1 Å². The highest BCUT2D eigenvalue weighted by Crippen LogP contribution is 2.20. The molecule has 0 saturated carbocycles. The summed E-state index contributed by atoms with van der Waals surface area (Å²) in [5.74, 6) is 0. The fourth-order valence-electron chi connectivity index (χ4n) is 1.26. The van der Waals surface area contributed by atoms with Crippen LogP contribution in [0.15, 0.2) is 18.2 Å². The molecule has 0 spiro atoms. The molecule has 2 unspecified atom stereocenters. The van der Waals surface area contributed by atoms with Crippen LogP contribution in [0.2, 0.25) is 0 Å². The summed E-state index contributed by atoms with van der Waals surface area (Å²) >= 11 is 3.14. The van der Waals surface area contributed by atoms with Gasteiger partial charge in [0.1, 0.15) is 6.10 Å². The zero-order chi connectivity index (χ0) is 10.7. The first-order valence-corrected chi connectivity index (χ1v) is 5.67. The van der Waals surface area contributed by atoms with Gasteiger partial charge in [0.2, 0.25) is 0 Å². The second-order valence-corrected chi connectivity index (χ2v) is 4.16. The number of aryl methyl sites for hydroxylation is 2. The van der Waals surface area contributed by atoms with Crippen LogP contribution in [0.5, 0.6) is 0 Å². The molecule has 14 heavy (non-hydrogen) atoms. The van der Waals surface area contributed by atoms with Crippen molar-refractivity contribution in [1.82, 2.24) is 0 Å². The van der Waals surface area contributed by atoms with E-state index in [9.17, 15) is 10.2 Å². The summed E-state index contributed by atoms with van der Waals surface area (Å²) in [5.41, 5.74) is 3.08. The van der Waals surface area contributed by atoms with Crippen LogP contribution >= 0.6 is 15.9 Å². The van der Waals surface area contributed by atoms with Gasteiger partial charge in [-0.2, -0.15) is 0 Å². The Kier molecular flexibility index (Phi) is 4.11. The minimum atomic E-state index is -0.811. The lowest BCUT2D eigenvalue weighted by molar-refractivity contribution is 0.0342. The topological polar surface area (TPSA) is 40.5 Å². The van der Waals surface area contributed by atoms with Crippen LogP contribution in [0.25, 0.3) is 0 Å². The Morgan fingerprint density at radius 3 is 2.36 bits per heavy atom. The summed E-state index contributed by atoms with van der Waals surface area (Å²) in [6.07, 6.45) is -1.56. The van der Waals surface area contributed by atoms with Crippen molar-refractivity contribution in [2.75, 3.05) is 5.33 Å². The largest absolute Gasteiger partial charge is 0.389 e. The lowest BCUT2D eigenvalue weighted by Crippen LogP contribution is -2.19. The van der Waals surface area contributed by atoms with Crippen molar-refractivity contribution >= 4 is 15.9 Å². The van der Waals surface area contributed by atoms with Gasteiger partial charge in [0.25, 0.3) is 0 Å². The third-order valence-electron chi connectivity index (χ3n) is 2.40. The van der Waals surface area contributed by atoms with Gasteiger partial charge in [0.05, 0.1) is 6.10 Å². The third-order valence-corrected chi connectivity index (χ3v) is 3.06. The zero-order valence-electron chi connectivity index (χ0n) is 8.37. The molecule has 2 N–H and O–H groups in total. The van der Waals surface area contributed by atoms with Crippen LogP contribution in [0.3, 0.4) is 0 Å². The molecule has 0 aliphatic rings. The Labute approximate surface area is 92.7 Å². The van der Waals surface area contributed by atoms with Gasteiger partial charge in [-0.15, -0.1) is 0 Å². The van der Waals surface area contributed by atoms with Crippen LogP contribution < -0.4 is 0 Å². The lowest BCUT2D eigenvalue weighted by Gasteiger charge is -2.16. The number of benzene rings is 1. The smallest absolute Gasteiger partial charge is 0.106 e. The first-order valence-electron chi connectivity index (χ1n) is 4.55. The summed E-state index contributed by atoms with van der Waals surface area (Å²) < 4.78 is 0. The number of rotatable bonds is 3. The Morgan fingerprint density at radius 2 is 1.86 bits per heavy atom. The summed E-state index contributed by atoms with van der Waals surface area (Å²) in [5, 5.41) is 19.5. The van der Waals surface area contributed by atoms with E-state index >= 15 is 0 Å². The second-order valence-electron chi connectivity index (χ2n) is 3.51. The van der Waals surface area contributed by atoms with Gasteiger partial charge in [-0.1, -0.05) is 34.1 Å². The third kappa shape index (κ3) is 2.56. The Hall–Kier alpha value is -0.380. The van der Waals surface area contributed by atoms with Crippen LogP contribution in [0.4, 0.5) is 0 Å². The fraction of sp³-hybridized carbons (Fsp3) is 0.455. The molecule has 0 fully saturated rings. The van der Waals surface area contributed by atoms with Gasteiger partial charge in [0.15, 0.2) is 0 Å². The van der Waals surface area contributed by atoms with E-state index in [2.05, 4.69) is 15.9 Å². The molecule has 1 aromatic carbocycles. The molecule has 1 rings (SSSR count). The Bertz CT molecular complexity index is 312. The molecule has 0 heterocycles. The summed E-state index contributed by atoms with van der Waals surface area (Å²) in [6, 6.07) is 5.71. The number of aliphatic hydroxyl groups excluding tert-OH is 2. The molecule has 3 heteroatoms. The predicted molar refractivity (Wildman–Crippen MR) is 60.7 cm³/mol. The molecule has 78 valence electrons. The van der Waals surface area contributed by atoms with Gasteiger partial charge in [-0.3, -0.25) is 0 Å². The molecule has 1 aromatic rings. The highest BCUT2D eigenvalue weighted by atomic mass is 79.9. The molecule has 0 radical (unpaired) electrons. The Balaban J connectivity index is 2.91. The van der Waals surface area contributed by atoms with Crippen LogP contribution in [0, 0.1) is 13.8 Å². The maximum absolute atomic E-state index is 9.72. The quantitative estimate of drug-likeness (QED) is 0.816. The molecular formula is C11H15BrO2. The van der Waals surface area contributed by atoms with Crippen LogP contribution in [-0.2, 0) is 0 Å². The monoisotopic (exact) mass is 258 g/mol. The average Bonchev–Trinajstić information content (AvgIpc) is 2.20. The number of halogens is 1. The summed E-state index contributed by atoms with van der Waals surface area (Å²) in [6.45, 7) is 4.01. The molecule has 0 amide bonds. The number of hydrogen-bond donors (Lipinski definition) is 2. The highest BCUT2D eigenvalue weighted by molar-refractivity contribution is 9.09. The molecular weight excluding hydrogens is 244 g/mol. The highest BCUT2D eigenvalue weighted by Gasteiger charge is 2.16. The van der Waals surface area contributed by atoms with Crippen molar-refractivity contribution in [2.24, 2.45) is 0 Å². The Morgan fingerprint density at radius 1 is 1.21 bits per heavy atom. The normalized spacial score (nSPS) is 15.2. The van der Waals surface area contributed by atoms with Crippen molar-refractivity contribution in [3.63, 3.8) is 0 Å². The standard InChI is InChI=1S/C11H15BrO2/c1-7-3-4-9(5-8(7)2)11(14)10(13)6-12/h3-5,10-11,13-14H,6H2,1-2H3. The molecule has 0 bridgehead atoms. The number of aliphatic hydroxyl groups is 2. The minimum absolute atomic E-state index is 0.376. The molecule has 0 saturated heterocycles. The maximum atomic E-state index is 9.72. The molecule has 2 atom stereocenters. The molecule has 2 nitrogen and oxygen atoms in total. The SMILES string of the molecule is Cc1ccc(C(O)C(O)CBr)cc1C. The van der Waals surface area contributed by atoms with Gasteiger partial charge in [-0.05, 0) is 30.5 Å². The molecule has 0 aliphatic carbocycles. The van der Waals surface area contributed by atoms with E-state index in [0.717, 1.165) is 11.1 Å². The van der Waals surface area contributed by atoms with Gasteiger partial charge >= 0.3 is 0 Å². The van der Waals surface area contributed by atoms with E-state index in [-0.39, 0.29) is 0 Å². The second kappa shape index (κ2) is 4.91. The average molecular weight is 259 g/mol. The van der Waals surface area contributed by atoms with Crippen molar-refractivity contribution in [3.8, 4) is 0 Å². The number of alkyl halides is 1. The van der Waals surface area contributed by atoms with Crippen LogP contribution in [0.1, 0.15) is 22.8 Å². The molecule has 0 aliphatic heterocycles. The first kappa shape index (κ1) is 11.7. The lowest BCUT2D eigenvalue weighted by atomic mass is 10.0. The van der Waals surface area contributed by atoms with Gasteiger partial charge < -0.3 is 10.2 Å². The van der Waals surface area contributed by atoms with Crippen LogP contribution in [-0.4, -0.2) is 21.6 Å². The summed E-state index contributed by atoms with van der Waals surface area (Å²) in [7, 11) is 0. The zero-order valence-corrected chi connectivity index (χ0v) is 9.95. The fourth-order valence-corrected chi connectivity index (χ4v) is 1.61. The molecule has 0 aromatic heterocycles. The van der Waals surface area contributed by atoms with E-state index in [1.54, 1.807) is 0 Å². The summed E-state index contributed by atoms with van der Waals surface area (Å²) in [4.78, 5) is 0. The number of hydrogen-bond acceptors (Lipinski definition) is 2. The van der Waals surface area contributed by atoms with E-state index in [1.807, 2.05) is 32.0 Å². The van der Waals surface area contributed by atoms with Crippen molar-refractivity contribution in [3.05, 3.63) is 34.9 Å². The first-order chi connectivity index (χ1) is 6.56. The van der Waals surface area contributed by atoms with E-state index in [0.29, 0.717) is 5.33 Å². The maximum Gasteiger partial charge on any atom is 0.106 e. The predicted octanol–water partition coefficient (Wildman–Crippen LogP) is 2.09. The van der Waals surface area contributed by atoms with Gasteiger partial charge in [0, 0.05) is 5.33 Å². The van der Waals surface area contributed by atoms with Gasteiger partial charge in [-0.25, -0.2) is 0 Å². The van der Waals surface area contributed by atoms with Crippen molar-refractivity contribution in [1.29, 1.82) is 0 Å². The minimum Gasteiger partial charge on any atom is -0.389 e. The van der Waals surface area contributed by atoms with Crippen molar-refractivity contribution < 1.29 is 10.2 Å².